The minimum Gasteiger partial charge on any atom is -0.346 e. The van der Waals surface area contributed by atoms with Gasteiger partial charge in [0.25, 0.3) is 11.5 Å². The number of H-pyrrole nitrogens is 1. The van der Waals surface area contributed by atoms with Crippen molar-refractivity contribution in [2.24, 2.45) is 5.73 Å². The van der Waals surface area contributed by atoms with Gasteiger partial charge in [0.1, 0.15) is 5.56 Å². The molecule has 1 saturated heterocycles. The number of amides is 1. The number of thiazole rings is 1. The zero-order chi connectivity index (χ0) is 19.0. The smallest absolute Gasteiger partial charge is 0.261 e. The summed E-state index contributed by atoms with van der Waals surface area (Å²) >= 11 is 1.59. The minimum atomic E-state index is -0.404. The van der Waals surface area contributed by atoms with Crippen LogP contribution in [0, 0.1) is 6.92 Å². The van der Waals surface area contributed by atoms with E-state index in [1.165, 1.54) is 4.88 Å². The van der Waals surface area contributed by atoms with Crippen LogP contribution < -0.4 is 16.6 Å². The molecule has 8 nitrogen and oxygen atoms in total. The van der Waals surface area contributed by atoms with Gasteiger partial charge in [0, 0.05) is 48.6 Å². The van der Waals surface area contributed by atoms with Crippen LogP contribution in [0.3, 0.4) is 0 Å². The molecule has 1 atom stereocenters. The molecule has 1 fully saturated rings. The van der Waals surface area contributed by atoms with Crippen molar-refractivity contribution in [3.63, 3.8) is 0 Å². The van der Waals surface area contributed by atoms with Crippen molar-refractivity contribution in [3.8, 4) is 0 Å². The molecule has 0 saturated carbocycles. The molecule has 4 N–H and O–H groups in total. The van der Waals surface area contributed by atoms with Gasteiger partial charge in [-0.15, -0.1) is 11.3 Å². The summed E-state index contributed by atoms with van der Waals surface area (Å²) in [6, 6.07) is 3.56. The Hall–Kier alpha value is -2.49. The van der Waals surface area contributed by atoms with Crippen molar-refractivity contribution >= 4 is 22.2 Å². The predicted octanol–water partition coefficient (Wildman–Crippen LogP) is 0.856. The second kappa shape index (κ2) is 7.26. The molecule has 142 valence electrons. The van der Waals surface area contributed by atoms with Gasteiger partial charge in [-0.1, -0.05) is 0 Å². The number of aryl methyl sites for hydroxylation is 1. The van der Waals surface area contributed by atoms with E-state index in [2.05, 4.69) is 20.2 Å². The van der Waals surface area contributed by atoms with E-state index < -0.39 is 5.91 Å². The Morgan fingerprint density at radius 1 is 1.44 bits per heavy atom. The van der Waals surface area contributed by atoms with Crippen molar-refractivity contribution in [3.05, 3.63) is 56.7 Å². The lowest BCUT2D eigenvalue weighted by Gasteiger charge is -2.15. The van der Waals surface area contributed by atoms with Gasteiger partial charge in [-0.25, -0.2) is 4.98 Å². The van der Waals surface area contributed by atoms with Gasteiger partial charge in [0.15, 0.2) is 4.96 Å². The molecule has 4 rings (SSSR count). The van der Waals surface area contributed by atoms with Crippen molar-refractivity contribution in [1.29, 1.82) is 0 Å². The molecule has 1 aliphatic rings. The number of hydrogen-bond donors (Lipinski definition) is 3. The molecule has 0 radical (unpaired) electrons. The predicted molar refractivity (Wildman–Crippen MR) is 104 cm³/mol. The van der Waals surface area contributed by atoms with Gasteiger partial charge in [-0.05, 0) is 25.5 Å². The first kappa shape index (κ1) is 17.9. The molecule has 3 aromatic heterocycles. The zero-order valence-corrected chi connectivity index (χ0v) is 15.9. The summed E-state index contributed by atoms with van der Waals surface area (Å²) in [6.07, 6.45) is 4.85. The summed E-state index contributed by atoms with van der Waals surface area (Å²) in [5.41, 5.74) is 7.18. The summed E-state index contributed by atoms with van der Waals surface area (Å²) in [6.45, 7) is 4.68. The lowest BCUT2D eigenvalue weighted by Crippen LogP contribution is -2.31. The van der Waals surface area contributed by atoms with Gasteiger partial charge in [0.2, 0.25) is 0 Å². The number of imidazole rings is 1. The Kier molecular flexibility index (Phi) is 4.81. The van der Waals surface area contributed by atoms with Gasteiger partial charge in [-0.3, -0.25) is 18.9 Å². The van der Waals surface area contributed by atoms with Crippen molar-refractivity contribution in [2.45, 2.75) is 32.5 Å². The Balaban J connectivity index is 1.39. The average molecular weight is 386 g/mol. The van der Waals surface area contributed by atoms with E-state index in [9.17, 15) is 9.59 Å². The number of nitrogens with zero attached hydrogens (tertiary/aromatic N) is 3. The number of hydrogen-bond acceptors (Lipinski definition) is 6. The molecule has 0 bridgehead atoms. The number of nitrogens with one attached hydrogen (secondary N) is 2. The van der Waals surface area contributed by atoms with Crippen LogP contribution in [-0.2, 0) is 13.1 Å². The van der Waals surface area contributed by atoms with E-state index in [1.807, 2.05) is 23.7 Å². The fourth-order valence-corrected chi connectivity index (χ4v) is 4.17. The first-order valence-corrected chi connectivity index (χ1v) is 9.72. The van der Waals surface area contributed by atoms with Gasteiger partial charge >= 0.3 is 0 Å². The van der Waals surface area contributed by atoms with Crippen LogP contribution in [0.2, 0.25) is 0 Å². The third-order valence-electron chi connectivity index (χ3n) is 4.67. The first-order valence-electron chi connectivity index (χ1n) is 8.90. The number of carbonyl (C=O) groups excluding carboxylic acids is 1. The molecule has 0 spiro atoms. The normalized spacial score (nSPS) is 17.6. The van der Waals surface area contributed by atoms with Crippen LogP contribution in [0.1, 0.15) is 33.0 Å². The molecule has 3 aromatic rings. The second-order valence-corrected chi connectivity index (χ2v) is 8.17. The standard InChI is InChI=1S/C18H22N6O2S/c1-11-7-24-10-14(22-18(24)27-11)6-20-16(25)15-3-2-13(21-17(15)26)9-23-5-4-12(19)8-23/h2-3,7,10,12H,4-6,8-9,19H2,1H3,(H,20,25)(H,21,26)/t12-/m1/s1. The quantitative estimate of drug-likeness (QED) is 0.603. The van der Waals surface area contributed by atoms with E-state index in [4.69, 9.17) is 5.73 Å². The number of nitrogens with two attached hydrogens (primary N) is 1. The molecule has 1 amide bonds. The number of fused-ring (bicyclic) bond motifs is 1. The molecule has 0 aromatic carbocycles. The maximum atomic E-state index is 12.4. The highest BCUT2D eigenvalue weighted by atomic mass is 32.1. The van der Waals surface area contributed by atoms with Crippen LogP contribution in [0.4, 0.5) is 0 Å². The van der Waals surface area contributed by atoms with E-state index in [0.29, 0.717) is 6.54 Å². The maximum Gasteiger partial charge on any atom is 0.261 e. The number of pyridine rings is 1. The molecule has 27 heavy (non-hydrogen) atoms. The number of carbonyl (C=O) groups is 1. The highest BCUT2D eigenvalue weighted by molar-refractivity contribution is 7.16. The second-order valence-electron chi connectivity index (χ2n) is 6.96. The molecular formula is C18H22N6O2S. The third-order valence-corrected chi connectivity index (χ3v) is 5.58. The number of rotatable bonds is 5. The SMILES string of the molecule is Cc1cn2cc(CNC(=O)c3ccc(CN4CC[C@@H](N)C4)[nH]c3=O)nc2s1. The summed E-state index contributed by atoms with van der Waals surface area (Å²) < 4.78 is 1.94. The summed E-state index contributed by atoms with van der Waals surface area (Å²) in [5, 5.41) is 2.76. The summed E-state index contributed by atoms with van der Waals surface area (Å²) in [4.78, 5) is 36.2. The van der Waals surface area contributed by atoms with Crippen LogP contribution >= 0.6 is 11.3 Å². The van der Waals surface area contributed by atoms with Crippen molar-refractivity contribution < 1.29 is 4.79 Å². The van der Waals surface area contributed by atoms with E-state index >= 15 is 0 Å². The molecule has 0 unspecified atom stereocenters. The Labute approximate surface area is 160 Å². The van der Waals surface area contributed by atoms with Gasteiger partial charge < -0.3 is 16.0 Å². The number of aromatic nitrogens is 3. The van der Waals surface area contributed by atoms with Crippen molar-refractivity contribution in [2.75, 3.05) is 13.1 Å². The monoisotopic (exact) mass is 386 g/mol. The zero-order valence-electron chi connectivity index (χ0n) is 15.1. The van der Waals surface area contributed by atoms with E-state index in [0.717, 1.165) is 35.9 Å². The molecule has 4 heterocycles. The van der Waals surface area contributed by atoms with Crippen molar-refractivity contribution in [1.82, 2.24) is 24.6 Å². The average Bonchev–Trinajstić information content (AvgIpc) is 3.27. The highest BCUT2D eigenvalue weighted by Crippen LogP contribution is 2.16. The Morgan fingerprint density at radius 2 is 2.30 bits per heavy atom. The van der Waals surface area contributed by atoms with Crippen LogP contribution in [0.25, 0.3) is 4.96 Å². The lowest BCUT2D eigenvalue weighted by molar-refractivity contribution is 0.0949. The van der Waals surface area contributed by atoms with Crippen LogP contribution in [0.15, 0.2) is 29.3 Å². The highest BCUT2D eigenvalue weighted by Gasteiger charge is 2.19. The van der Waals surface area contributed by atoms with Crippen LogP contribution in [-0.4, -0.2) is 44.3 Å². The summed E-state index contributed by atoms with van der Waals surface area (Å²) in [7, 11) is 0. The van der Waals surface area contributed by atoms with Gasteiger partial charge in [0.05, 0.1) is 12.2 Å². The third kappa shape index (κ3) is 3.95. The van der Waals surface area contributed by atoms with E-state index in [1.54, 1.807) is 23.5 Å². The number of likely N-dealkylation sites (tertiary alicyclic amines) is 1. The molecule has 0 aliphatic carbocycles. The Bertz CT molecular complexity index is 1000. The Morgan fingerprint density at radius 3 is 3.00 bits per heavy atom. The topological polar surface area (TPSA) is 109 Å². The maximum absolute atomic E-state index is 12.4. The fraction of sp³-hybridized carbons (Fsp3) is 0.389. The fourth-order valence-electron chi connectivity index (χ4n) is 3.34. The first-order chi connectivity index (χ1) is 13.0. The molecule has 1 aliphatic heterocycles. The minimum absolute atomic E-state index is 0.105. The largest absolute Gasteiger partial charge is 0.346 e. The molecular weight excluding hydrogens is 364 g/mol. The summed E-state index contributed by atoms with van der Waals surface area (Å²) in [5.74, 6) is -0.404. The number of aromatic amines is 1. The van der Waals surface area contributed by atoms with Gasteiger partial charge in [-0.2, -0.15) is 0 Å². The van der Waals surface area contributed by atoms with Crippen LogP contribution in [0.5, 0.6) is 0 Å². The van der Waals surface area contributed by atoms with E-state index in [-0.39, 0.29) is 23.7 Å². The molecule has 9 heteroatoms. The lowest BCUT2D eigenvalue weighted by atomic mass is 10.2.